The first-order valence-electron chi connectivity index (χ1n) is 7.34. The second kappa shape index (κ2) is 6.04. The van der Waals surface area contributed by atoms with E-state index in [0.717, 1.165) is 23.7 Å². The molecule has 9 heteroatoms. The van der Waals surface area contributed by atoms with E-state index >= 15 is 0 Å². The van der Waals surface area contributed by atoms with Crippen LogP contribution in [0.15, 0.2) is 24.3 Å². The van der Waals surface area contributed by atoms with Gasteiger partial charge >= 0.3 is 12.2 Å². The molecule has 2 atom stereocenters. The van der Waals surface area contributed by atoms with Crippen molar-refractivity contribution in [3.63, 3.8) is 0 Å². The average Bonchev–Trinajstić information content (AvgIpc) is 2.92. The fourth-order valence-electron chi connectivity index (χ4n) is 2.41. The van der Waals surface area contributed by atoms with Gasteiger partial charge in [-0.05, 0) is 24.0 Å². The Labute approximate surface area is 140 Å². The molecule has 1 saturated carbocycles. The first kappa shape index (κ1) is 16.7. The number of rotatable bonds is 3. The van der Waals surface area contributed by atoms with Crippen molar-refractivity contribution in [3.05, 3.63) is 29.8 Å². The molecule has 0 radical (unpaired) electrons. The summed E-state index contributed by atoms with van der Waals surface area (Å²) in [7, 11) is 0. The first-order valence-corrected chi connectivity index (χ1v) is 8.12. The number of nitrogens with one attached hydrogen (secondary N) is 2. The Bertz CT molecular complexity index is 736. The maximum Gasteiger partial charge on any atom is 0.416 e. The fourth-order valence-corrected chi connectivity index (χ4v) is 2.99. The van der Waals surface area contributed by atoms with Crippen LogP contribution in [-0.2, 0) is 6.18 Å². The first-order chi connectivity index (χ1) is 11.3. The van der Waals surface area contributed by atoms with Gasteiger partial charge in [-0.1, -0.05) is 26.0 Å². The highest BCUT2D eigenvalue weighted by molar-refractivity contribution is 7.10. The molecule has 0 spiro atoms. The minimum Gasteiger partial charge on any atom is -0.335 e. The maximum absolute atomic E-state index is 12.6. The van der Waals surface area contributed by atoms with E-state index in [1.54, 1.807) is 0 Å². The van der Waals surface area contributed by atoms with Gasteiger partial charge < -0.3 is 5.32 Å². The number of hydrogen-bond donors (Lipinski definition) is 2. The van der Waals surface area contributed by atoms with Crippen LogP contribution in [0.2, 0.25) is 0 Å². The van der Waals surface area contributed by atoms with Crippen LogP contribution >= 0.6 is 11.5 Å². The smallest absolute Gasteiger partial charge is 0.335 e. The normalized spacial score (nSPS) is 23.0. The van der Waals surface area contributed by atoms with E-state index in [0.29, 0.717) is 22.5 Å². The Morgan fingerprint density at radius 3 is 2.33 bits per heavy atom. The molecular formula is C15H15F3N4OS. The van der Waals surface area contributed by atoms with Crippen molar-refractivity contribution in [2.24, 2.45) is 11.8 Å². The van der Waals surface area contributed by atoms with Gasteiger partial charge in [-0.15, -0.1) is 0 Å². The number of anilines is 1. The monoisotopic (exact) mass is 356 g/mol. The summed E-state index contributed by atoms with van der Waals surface area (Å²) in [6.07, 6.45) is -4.38. The summed E-state index contributed by atoms with van der Waals surface area (Å²) in [4.78, 5) is 16.0. The molecule has 2 amide bonds. The Morgan fingerprint density at radius 2 is 1.79 bits per heavy atom. The van der Waals surface area contributed by atoms with Crippen LogP contribution in [0.4, 0.5) is 23.1 Å². The van der Waals surface area contributed by atoms with Crippen LogP contribution in [0, 0.1) is 11.8 Å². The molecule has 1 aromatic carbocycles. The molecule has 1 fully saturated rings. The molecule has 0 saturated heterocycles. The molecular weight excluding hydrogens is 341 g/mol. The van der Waals surface area contributed by atoms with Gasteiger partial charge in [0.15, 0.2) is 5.82 Å². The third kappa shape index (κ3) is 3.50. The predicted octanol–water partition coefficient (Wildman–Crippen LogP) is 4.00. The lowest BCUT2D eigenvalue weighted by atomic mass is 10.1. The molecule has 2 aromatic rings. The largest absolute Gasteiger partial charge is 0.416 e. The molecule has 24 heavy (non-hydrogen) atoms. The third-order valence-corrected chi connectivity index (χ3v) is 4.87. The number of halogens is 3. The Morgan fingerprint density at radius 1 is 1.17 bits per heavy atom. The Hall–Kier alpha value is -2.16. The van der Waals surface area contributed by atoms with E-state index in [1.165, 1.54) is 12.1 Å². The van der Waals surface area contributed by atoms with E-state index < -0.39 is 11.7 Å². The highest BCUT2D eigenvalue weighted by Crippen LogP contribution is 2.37. The minimum absolute atomic E-state index is 0.160. The predicted molar refractivity (Wildman–Crippen MR) is 84.6 cm³/mol. The highest BCUT2D eigenvalue weighted by atomic mass is 32.1. The number of carbonyl (C=O) groups is 1. The molecule has 0 unspecified atom stereocenters. The number of benzene rings is 1. The summed E-state index contributed by atoms with van der Waals surface area (Å²) >= 11 is 0.976. The lowest BCUT2D eigenvalue weighted by molar-refractivity contribution is -0.137. The van der Waals surface area contributed by atoms with Crippen molar-refractivity contribution in [1.82, 2.24) is 14.7 Å². The number of carbonyl (C=O) groups excluding carboxylic acids is 1. The van der Waals surface area contributed by atoms with Crippen LogP contribution in [0.1, 0.15) is 19.4 Å². The Balaban J connectivity index is 1.64. The van der Waals surface area contributed by atoms with Crippen LogP contribution in [0.5, 0.6) is 0 Å². The van der Waals surface area contributed by atoms with Gasteiger partial charge in [0.05, 0.1) is 5.56 Å². The van der Waals surface area contributed by atoms with Crippen LogP contribution < -0.4 is 10.6 Å². The van der Waals surface area contributed by atoms with E-state index in [1.807, 2.05) is 0 Å². The van der Waals surface area contributed by atoms with Gasteiger partial charge in [0.2, 0.25) is 5.13 Å². The molecule has 1 aromatic heterocycles. The van der Waals surface area contributed by atoms with Crippen molar-refractivity contribution in [1.29, 1.82) is 0 Å². The molecule has 1 aliphatic carbocycles. The summed E-state index contributed by atoms with van der Waals surface area (Å²) in [6, 6.07) is 4.38. The zero-order chi connectivity index (χ0) is 17.5. The standard InChI is InChI=1S/C15H15F3N4OS/c1-7-8(2)11(7)19-13(23)21-14-20-12(22-24-14)9-3-5-10(6-4-9)15(16,17)18/h3-8,11H,1-2H3,(H2,19,20,21,22,23)/t7-,8-/m1/s1. The third-order valence-electron chi connectivity index (χ3n) is 4.24. The lowest BCUT2D eigenvalue weighted by Gasteiger charge is -2.06. The zero-order valence-electron chi connectivity index (χ0n) is 12.9. The SMILES string of the molecule is C[C@H]1C(NC(=O)Nc2nc(-c3ccc(C(F)(F)F)cc3)ns2)[C@@H]1C. The number of amides is 2. The topological polar surface area (TPSA) is 66.9 Å². The molecule has 128 valence electrons. The number of hydrogen-bond acceptors (Lipinski definition) is 4. The van der Waals surface area contributed by atoms with Gasteiger partial charge in [-0.25, -0.2) is 4.79 Å². The van der Waals surface area contributed by atoms with Crippen LogP contribution in [0.3, 0.4) is 0 Å². The molecule has 0 aliphatic heterocycles. The lowest BCUT2D eigenvalue weighted by Crippen LogP contribution is -2.31. The zero-order valence-corrected chi connectivity index (χ0v) is 13.7. The molecule has 1 aliphatic rings. The Kier molecular flexibility index (Phi) is 4.20. The van der Waals surface area contributed by atoms with Gasteiger partial charge in [0.1, 0.15) is 0 Å². The van der Waals surface area contributed by atoms with Gasteiger partial charge in [0.25, 0.3) is 0 Å². The number of nitrogens with zero attached hydrogens (tertiary/aromatic N) is 2. The summed E-state index contributed by atoms with van der Waals surface area (Å²) in [5.41, 5.74) is -0.274. The fraction of sp³-hybridized carbons (Fsp3) is 0.400. The van der Waals surface area contributed by atoms with Crippen molar-refractivity contribution in [2.45, 2.75) is 26.1 Å². The van der Waals surface area contributed by atoms with E-state index in [-0.39, 0.29) is 17.9 Å². The summed E-state index contributed by atoms with van der Waals surface area (Å²) in [5.74, 6) is 1.18. The van der Waals surface area contributed by atoms with Crippen molar-refractivity contribution in [2.75, 3.05) is 5.32 Å². The molecule has 5 nitrogen and oxygen atoms in total. The number of aromatic nitrogens is 2. The molecule has 0 bridgehead atoms. The van der Waals surface area contributed by atoms with Crippen molar-refractivity contribution >= 4 is 22.7 Å². The second-order valence-corrected chi connectivity index (χ2v) is 6.59. The van der Waals surface area contributed by atoms with E-state index in [2.05, 4.69) is 33.8 Å². The molecule has 3 rings (SSSR count). The summed E-state index contributed by atoms with van der Waals surface area (Å²) in [5, 5.41) is 5.73. The van der Waals surface area contributed by atoms with Gasteiger partial charge in [0, 0.05) is 23.1 Å². The van der Waals surface area contributed by atoms with Crippen molar-refractivity contribution in [3.8, 4) is 11.4 Å². The van der Waals surface area contributed by atoms with Crippen molar-refractivity contribution < 1.29 is 18.0 Å². The number of alkyl halides is 3. The van der Waals surface area contributed by atoms with E-state index in [4.69, 9.17) is 0 Å². The minimum atomic E-state index is -4.38. The summed E-state index contributed by atoms with van der Waals surface area (Å²) in [6.45, 7) is 4.12. The quantitative estimate of drug-likeness (QED) is 0.873. The van der Waals surface area contributed by atoms with Crippen LogP contribution in [-0.4, -0.2) is 21.4 Å². The highest BCUT2D eigenvalue weighted by Gasteiger charge is 2.43. The maximum atomic E-state index is 12.6. The van der Waals surface area contributed by atoms with Gasteiger partial charge in [-0.3, -0.25) is 5.32 Å². The summed E-state index contributed by atoms with van der Waals surface area (Å²) < 4.78 is 41.7. The molecule has 1 heterocycles. The van der Waals surface area contributed by atoms with Gasteiger partial charge in [-0.2, -0.15) is 22.5 Å². The second-order valence-electron chi connectivity index (χ2n) is 5.84. The van der Waals surface area contributed by atoms with E-state index in [9.17, 15) is 18.0 Å². The molecule has 2 N–H and O–H groups in total. The van der Waals surface area contributed by atoms with Crippen LogP contribution in [0.25, 0.3) is 11.4 Å². The number of urea groups is 1. The average molecular weight is 356 g/mol.